The molecule has 0 spiro atoms. The zero-order valence-corrected chi connectivity index (χ0v) is 10.6. The fraction of sp³-hybridized carbons (Fsp3) is 0.308. The second kappa shape index (κ2) is 4.90. The molecule has 1 saturated heterocycles. The minimum atomic E-state index is -0.329. The van der Waals surface area contributed by atoms with E-state index in [1.54, 1.807) is 25.1 Å². The van der Waals surface area contributed by atoms with Crippen molar-refractivity contribution in [2.24, 2.45) is 5.92 Å². The molecule has 1 heterocycles. The van der Waals surface area contributed by atoms with E-state index in [9.17, 15) is 14.4 Å². The molecule has 0 saturated carbocycles. The summed E-state index contributed by atoms with van der Waals surface area (Å²) in [5, 5.41) is 0.452. The summed E-state index contributed by atoms with van der Waals surface area (Å²) in [7, 11) is 0. The SMILES string of the molecule is CC1CC(=O)N(CC(=O)c2cccc(Cl)c2)C1=O. The Morgan fingerprint density at radius 3 is 2.72 bits per heavy atom. The van der Waals surface area contributed by atoms with Crippen LogP contribution in [0, 0.1) is 5.92 Å². The topological polar surface area (TPSA) is 54.5 Å². The van der Waals surface area contributed by atoms with E-state index in [1.165, 1.54) is 6.07 Å². The van der Waals surface area contributed by atoms with Gasteiger partial charge in [-0.1, -0.05) is 30.7 Å². The zero-order chi connectivity index (χ0) is 13.3. The Bertz CT molecular complexity index is 527. The van der Waals surface area contributed by atoms with Crippen LogP contribution in [0.15, 0.2) is 24.3 Å². The lowest BCUT2D eigenvalue weighted by atomic mass is 10.1. The molecule has 2 amide bonds. The molecule has 0 radical (unpaired) electrons. The number of benzene rings is 1. The first-order valence-corrected chi connectivity index (χ1v) is 6.00. The highest BCUT2D eigenvalue weighted by atomic mass is 35.5. The Morgan fingerprint density at radius 2 is 2.17 bits per heavy atom. The van der Waals surface area contributed by atoms with Crippen molar-refractivity contribution in [3.05, 3.63) is 34.9 Å². The molecule has 0 bridgehead atoms. The first-order valence-electron chi connectivity index (χ1n) is 5.62. The number of imide groups is 1. The van der Waals surface area contributed by atoms with E-state index in [4.69, 9.17) is 11.6 Å². The number of Topliss-reactive ketones (excluding diaryl/α,β-unsaturated/α-hetero) is 1. The van der Waals surface area contributed by atoms with Crippen molar-refractivity contribution in [2.45, 2.75) is 13.3 Å². The summed E-state index contributed by atoms with van der Waals surface area (Å²) < 4.78 is 0. The van der Waals surface area contributed by atoms with Gasteiger partial charge in [-0.25, -0.2) is 0 Å². The number of hydrogen-bond acceptors (Lipinski definition) is 3. The molecule has 1 aromatic carbocycles. The molecule has 1 atom stereocenters. The number of ketones is 1. The van der Waals surface area contributed by atoms with Crippen molar-refractivity contribution in [1.82, 2.24) is 4.90 Å². The van der Waals surface area contributed by atoms with E-state index in [2.05, 4.69) is 0 Å². The van der Waals surface area contributed by atoms with Crippen molar-refractivity contribution >= 4 is 29.2 Å². The van der Waals surface area contributed by atoms with E-state index < -0.39 is 0 Å². The fourth-order valence-corrected chi connectivity index (χ4v) is 2.10. The van der Waals surface area contributed by atoms with E-state index in [1.807, 2.05) is 0 Å². The first kappa shape index (κ1) is 12.8. The highest BCUT2D eigenvalue weighted by molar-refractivity contribution is 6.31. The van der Waals surface area contributed by atoms with Crippen LogP contribution in [-0.4, -0.2) is 29.0 Å². The molecule has 1 unspecified atom stereocenters. The Labute approximate surface area is 110 Å². The maximum atomic E-state index is 11.9. The van der Waals surface area contributed by atoms with E-state index in [-0.39, 0.29) is 36.5 Å². The number of halogens is 1. The maximum Gasteiger partial charge on any atom is 0.232 e. The number of carbonyl (C=O) groups excluding carboxylic acids is 3. The summed E-state index contributed by atoms with van der Waals surface area (Å²) in [6, 6.07) is 6.46. The number of likely N-dealkylation sites (tertiary alicyclic amines) is 1. The van der Waals surface area contributed by atoms with Crippen molar-refractivity contribution in [2.75, 3.05) is 6.54 Å². The van der Waals surface area contributed by atoms with E-state index in [0.717, 1.165) is 4.90 Å². The average molecular weight is 266 g/mol. The molecule has 2 rings (SSSR count). The van der Waals surface area contributed by atoms with Gasteiger partial charge in [-0.05, 0) is 12.1 Å². The molecular weight excluding hydrogens is 254 g/mol. The Kier molecular flexibility index (Phi) is 3.48. The molecule has 1 aliphatic heterocycles. The van der Waals surface area contributed by atoms with E-state index >= 15 is 0 Å². The van der Waals surface area contributed by atoms with E-state index in [0.29, 0.717) is 10.6 Å². The summed E-state index contributed by atoms with van der Waals surface area (Å²) in [5.74, 6) is -1.18. The predicted molar refractivity (Wildman–Crippen MR) is 66.3 cm³/mol. The van der Waals surface area contributed by atoms with Crippen molar-refractivity contribution in [3.8, 4) is 0 Å². The summed E-state index contributed by atoms with van der Waals surface area (Å²) in [5.41, 5.74) is 0.405. The summed E-state index contributed by atoms with van der Waals surface area (Å²) in [4.78, 5) is 36.2. The molecule has 18 heavy (non-hydrogen) atoms. The summed E-state index contributed by atoms with van der Waals surface area (Å²) >= 11 is 5.79. The second-order valence-electron chi connectivity index (χ2n) is 4.36. The molecular formula is C13H12ClNO3. The highest BCUT2D eigenvalue weighted by Crippen LogP contribution is 2.19. The first-order chi connectivity index (χ1) is 8.49. The van der Waals surface area contributed by atoms with Gasteiger partial charge in [0.25, 0.3) is 0 Å². The quantitative estimate of drug-likeness (QED) is 0.620. The van der Waals surface area contributed by atoms with Gasteiger partial charge >= 0.3 is 0 Å². The average Bonchev–Trinajstić information content (AvgIpc) is 2.56. The number of hydrogen-bond donors (Lipinski definition) is 0. The standard InChI is InChI=1S/C13H12ClNO3/c1-8-5-12(17)15(13(8)18)7-11(16)9-3-2-4-10(14)6-9/h2-4,6,8H,5,7H2,1H3. The van der Waals surface area contributed by atoms with Crippen LogP contribution in [0.25, 0.3) is 0 Å². The smallest absolute Gasteiger partial charge is 0.232 e. The lowest BCUT2D eigenvalue weighted by Gasteiger charge is -2.13. The Morgan fingerprint density at radius 1 is 1.44 bits per heavy atom. The van der Waals surface area contributed by atoms with Gasteiger partial charge in [-0.15, -0.1) is 0 Å². The number of amides is 2. The fourth-order valence-electron chi connectivity index (χ4n) is 1.91. The summed E-state index contributed by atoms with van der Waals surface area (Å²) in [6.07, 6.45) is 0.182. The van der Waals surface area contributed by atoms with Gasteiger partial charge in [0.15, 0.2) is 5.78 Å². The normalized spacial score (nSPS) is 19.4. The Balaban J connectivity index is 2.13. The number of nitrogens with zero attached hydrogens (tertiary/aromatic N) is 1. The molecule has 1 aliphatic rings. The molecule has 94 valence electrons. The van der Waals surface area contributed by atoms with Crippen molar-refractivity contribution < 1.29 is 14.4 Å². The molecule has 1 fully saturated rings. The lowest BCUT2D eigenvalue weighted by molar-refractivity contribution is -0.138. The predicted octanol–water partition coefficient (Wildman–Crippen LogP) is 1.92. The van der Waals surface area contributed by atoms with Gasteiger partial charge < -0.3 is 0 Å². The Hall–Kier alpha value is -1.68. The van der Waals surface area contributed by atoms with Crippen LogP contribution in [0.4, 0.5) is 0 Å². The molecule has 0 aromatic heterocycles. The molecule has 0 aliphatic carbocycles. The maximum absolute atomic E-state index is 11.9. The van der Waals surface area contributed by atoms with Crippen molar-refractivity contribution in [1.29, 1.82) is 0 Å². The summed E-state index contributed by atoms with van der Waals surface area (Å²) in [6.45, 7) is 1.48. The van der Waals surface area contributed by atoms with Crippen LogP contribution >= 0.6 is 11.6 Å². The molecule has 1 aromatic rings. The van der Waals surface area contributed by atoms with Crippen LogP contribution in [0.5, 0.6) is 0 Å². The van der Waals surface area contributed by atoms with Gasteiger partial charge in [0.2, 0.25) is 11.8 Å². The third kappa shape index (κ3) is 2.43. The van der Waals surface area contributed by atoms with Crippen LogP contribution in [0.2, 0.25) is 5.02 Å². The number of rotatable bonds is 3. The van der Waals surface area contributed by atoms with Crippen LogP contribution < -0.4 is 0 Å². The van der Waals surface area contributed by atoms with Gasteiger partial charge in [0, 0.05) is 22.9 Å². The van der Waals surface area contributed by atoms with Crippen LogP contribution in [0.1, 0.15) is 23.7 Å². The molecule has 4 nitrogen and oxygen atoms in total. The van der Waals surface area contributed by atoms with Gasteiger partial charge in [-0.2, -0.15) is 0 Å². The zero-order valence-electron chi connectivity index (χ0n) is 9.85. The van der Waals surface area contributed by atoms with Gasteiger partial charge in [0.05, 0.1) is 6.54 Å². The third-order valence-electron chi connectivity index (χ3n) is 2.92. The molecule has 0 N–H and O–H groups in total. The van der Waals surface area contributed by atoms with Crippen molar-refractivity contribution in [3.63, 3.8) is 0 Å². The number of carbonyl (C=O) groups is 3. The second-order valence-corrected chi connectivity index (χ2v) is 4.79. The highest BCUT2D eigenvalue weighted by Gasteiger charge is 2.36. The van der Waals surface area contributed by atoms with Crippen LogP contribution in [-0.2, 0) is 9.59 Å². The minimum absolute atomic E-state index is 0.182. The van der Waals surface area contributed by atoms with Crippen LogP contribution in [0.3, 0.4) is 0 Å². The largest absolute Gasteiger partial charge is 0.292 e. The lowest BCUT2D eigenvalue weighted by Crippen LogP contribution is -2.35. The van der Waals surface area contributed by atoms with Gasteiger partial charge in [0.1, 0.15) is 0 Å². The van der Waals surface area contributed by atoms with Gasteiger partial charge in [-0.3, -0.25) is 19.3 Å². The minimum Gasteiger partial charge on any atom is -0.292 e. The monoisotopic (exact) mass is 265 g/mol. The third-order valence-corrected chi connectivity index (χ3v) is 3.15. The molecule has 5 heteroatoms.